The van der Waals surface area contributed by atoms with E-state index in [0.29, 0.717) is 22.6 Å². The third kappa shape index (κ3) is 4.94. The summed E-state index contributed by atoms with van der Waals surface area (Å²) in [5.41, 5.74) is 0.965. The molecule has 0 unspecified atom stereocenters. The average molecular weight is 473 g/mol. The number of thioether (sulfide) groups is 1. The van der Waals surface area contributed by atoms with Gasteiger partial charge in [0.25, 0.3) is 10.0 Å². The van der Waals surface area contributed by atoms with Crippen molar-refractivity contribution in [2.75, 3.05) is 22.4 Å². The fourth-order valence-corrected chi connectivity index (χ4v) is 5.64. The topological polar surface area (TPSA) is 110 Å². The summed E-state index contributed by atoms with van der Waals surface area (Å²) < 4.78 is 29.0. The molecule has 4 rings (SSSR count). The molecule has 1 aliphatic carbocycles. The van der Waals surface area contributed by atoms with Crippen molar-refractivity contribution in [1.82, 2.24) is 20.2 Å². The first-order chi connectivity index (χ1) is 15.4. The minimum atomic E-state index is -3.77. The second-order valence-electron chi connectivity index (χ2n) is 7.52. The standard InChI is InChI=1S/C21H24N6O3S2/c1-26(17-9-3-2-4-10-17)32(29,30)19-13-7-8-16(14-19)22-20(28)15-31-21-23-24-25-27(21)18-11-5-6-12-18/h2-4,7-10,13-14,18H,5-6,11-12,15H2,1H3,(H,22,28). The number of aromatic nitrogens is 4. The number of sulfonamides is 1. The van der Waals surface area contributed by atoms with Crippen LogP contribution in [0.3, 0.4) is 0 Å². The number of hydrogen-bond donors (Lipinski definition) is 1. The Kier molecular flexibility index (Phi) is 6.75. The van der Waals surface area contributed by atoms with Gasteiger partial charge in [-0.3, -0.25) is 9.10 Å². The molecule has 0 spiro atoms. The lowest BCUT2D eigenvalue weighted by Gasteiger charge is -2.19. The molecule has 3 aromatic rings. The van der Waals surface area contributed by atoms with E-state index in [0.717, 1.165) is 25.7 Å². The maximum absolute atomic E-state index is 13.0. The zero-order valence-electron chi connectivity index (χ0n) is 17.6. The molecule has 1 fully saturated rings. The molecular weight excluding hydrogens is 448 g/mol. The molecule has 9 nitrogen and oxygen atoms in total. The number of nitrogens with one attached hydrogen (secondary N) is 1. The maximum Gasteiger partial charge on any atom is 0.264 e. The number of amides is 1. The van der Waals surface area contributed by atoms with Crippen molar-refractivity contribution in [3.63, 3.8) is 0 Å². The van der Waals surface area contributed by atoms with Crippen molar-refractivity contribution in [1.29, 1.82) is 0 Å². The molecule has 1 saturated carbocycles. The zero-order chi connectivity index (χ0) is 22.6. The van der Waals surface area contributed by atoms with Gasteiger partial charge in [-0.15, -0.1) is 5.10 Å². The Hall–Kier alpha value is -2.92. The Morgan fingerprint density at radius 3 is 2.66 bits per heavy atom. The third-order valence-electron chi connectivity index (χ3n) is 5.36. The van der Waals surface area contributed by atoms with Crippen LogP contribution in [0.25, 0.3) is 0 Å². The van der Waals surface area contributed by atoms with Gasteiger partial charge in [0.15, 0.2) is 0 Å². The number of rotatable bonds is 8. The van der Waals surface area contributed by atoms with E-state index in [-0.39, 0.29) is 16.6 Å². The SMILES string of the molecule is CN(c1ccccc1)S(=O)(=O)c1cccc(NC(=O)CSc2nnnn2C2CCCC2)c1. The summed E-state index contributed by atoms with van der Waals surface area (Å²) in [4.78, 5) is 12.6. The van der Waals surface area contributed by atoms with Crippen LogP contribution in [0.2, 0.25) is 0 Å². The minimum Gasteiger partial charge on any atom is -0.325 e. The summed E-state index contributed by atoms with van der Waals surface area (Å²) in [5, 5.41) is 15.2. The molecule has 0 aliphatic heterocycles. The highest BCUT2D eigenvalue weighted by molar-refractivity contribution is 7.99. The molecular formula is C21H24N6O3S2. The van der Waals surface area contributed by atoms with Gasteiger partial charge in [0.1, 0.15) is 0 Å². The van der Waals surface area contributed by atoms with E-state index in [1.54, 1.807) is 41.1 Å². The first-order valence-corrected chi connectivity index (χ1v) is 12.7. The summed E-state index contributed by atoms with van der Waals surface area (Å²) >= 11 is 1.27. The van der Waals surface area contributed by atoms with E-state index < -0.39 is 10.0 Å². The molecule has 0 bridgehead atoms. The van der Waals surface area contributed by atoms with Crippen molar-refractivity contribution >= 4 is 39.1 Å². The summed E-state index contributed by atoms with van der Waals surface area (Å²) in [6.45, 7) is 0. The molecule has 168 valence electrons. The molecule has 11 heteroatoms. The minimum absolute atomic E-state index is 0.0967. The second-order valence-corrected chi connectivity index (χ2v) is 10.4. The molecule has 0 saturated heterocycles. The quantitative estimate of drug-likeness (QED) is 0.501. The molecule has 2 aromatic carbocycles. The summed E-state index contributed by atoms with van der Waals surface area (Å²) in [6.07, 6.45) is 4.41. The Balaban J connectivity index is 1.41. The summed E-state index contributed by atoms with van der Waals surface area (Å²) in [6, 6.07) is 15.3. The number of nitrogens with zero attached hydrogens (tertiary/aromatic N) is 5. The third-order valence-corrected chi connectivity index (χ3v) is 8.08. The fraction of sp³-hybridized carbons (Fsp3) is 0.333. The lowest BCUT2D eigenvalue weighted by atomic mass is 10.3. The van der Waals surface area contributed by atoms with Gasteiger partial charge in [-0.25, -0.2) is 13.1 Å². The van der Waals surface area contributed by atoms with Crippen LogP contribution >= 0.6 is 11.8 Å². The Labute approximate surface area is 191 Å². The molecule has 32 heavy (non-hydrogen) atoms. The van der Waals surface area contributed by atoms with Crippen molar-refractivity contribution in [3.05, 3.63) is 54.6 Å². The number of anilines is 2. The second kappa shape index (κ2) is 9.70. The van der Waals surface area contributed by atoms with Crippen LogP contribution in [-0.2, 0) is 14.8 Å². The van der Waals surface area contributed by atoms with Gasteiger partial charge in [-0.05, 0) is 53.6 Å². The number of benzene rings is 2. The average Bonchev–Trinajstić information content (AvgIpc) is 3.49. The van der Waals surface area contributed by atoms with Gasteiger partial charge in [-0.1, -0.05) is 48.9 Å². The maximum atomic E-state index is 13.0. The lowest BCUT2D eigenvalue weighted by molar-refractivity contribution is -0.113. The number of tetrazole rings is 1. The van der Waals surface area contributed by atoms with Crippen LogP contribution in [0.15, 0.2) is 64.6 Å². The molecule has 1 aromatic heterocycles. The van der Waals surface area contributed by atoms with Gasteiger partial charge in [0.2, 0.25) is 11.1 Å². The molecule has 0 radical (unpaired) electrons. The fourth-order valence-electron chi connectivity index (χ4n) is 3.65. The van der Waals surface area contributed by atoms with Gasteiger partial charge in [0.05, 0.1) is 22.4 Å². The zero-order valence-corrected chi connectivity index (χ0v) is 19.2. The van der Waals surface area contributed by atoms with Crippen LogP contribution in [0.4, 0.5) is 11.4 Å². The largest absolute Gasteiger partial charge is 0.325 e. The van der Waals surface area contributed by atoms with Crippen molar-refractivity contribution in [2.24, 2.45) is 0 Å². The van der Waals surface area contributed by atoms with E-state index in [1.807, 2.05) is 6.07 Å². The number of para-hydroxylation sites is 1. The van der Waals surface area contributed by atoms with Crippen molar-refractivity contribution in [3.8, 4) is 0 Å². The van der Waals surface area contributed by atoms with E-state index in [1.165, 1.54) is 35.2 Å². The monoisotopic (exact) mass is 472 g/mol. The number of hydrogen-bond acceptors (Lipinski definition) is 7. The Morgan fingerprint density at radius 2 is 1.91 bits per heavy atom. The smallest absolute Gasteiger partial charge is 0.264 e. The predicted molar refractivity (Wildman–Crippen MR) is 123 cm³/mol. The van der Waals surface area contributed by atoms with Crippen molar-refractivity contribution < 1.29 is 13.2 Å². The first-order valence-electron chi connectivity index (χ1n) is 10.3. The van der Waals surface area contributed by atoms with Gasteiger partial charge >= 0.3 is 0 Å². The van der Waals surface area contributed by atoms with Gasteiger partial charge in [-0.2, -0.15) is 0 Å². The van der Waals surface area contributed by atoms with Crippen molar-refractivity contribution in [2.45, 2.75) is 41.8 Å². The Bertz CT molecular complexity index is 1180. The molecule has 1 N–H and O–H groups in total. The first kappa shape index (κ1) is 22.3. The highest BCUT2D eigenvalue weighted by Crippen LogP contribution is 2.31. The van der Waals surface area contributed by atoms with E-state index in [9.17, 15) is 13.2 Å². The van der Waals surface area contributed by atoms with Crippen LogP contribution in [0, 0.1) is 0 Å². The molecule has 1 heterocycles. The van der Waals surface area contributed by atoms with E-state index in [4.69, 9.17) is 0 Å². The highest BCUT2D eigenvalue weighted by Gasteiger charge is 2.23. The highest BCUT2D eigenvalue weighted by atomic mass is 32.2. The Morgan fingerprint density at radius 1 is 1.16 bits per heavy atom. The van der Waals surface area contributed by atoms with E-state index >= 15 is 0 Å². The summed E-state index contributed by atoms with van der Waals surface area (Å²) in [5.74, 6) is -0.143. The number of carbonyl (C=O) groups excluding carboxylic acids is 1. The van der Waals surface area contributed by atoms with Crippen LogP contribution in [0.1, 0.15) is 31.7 Å². The van der Waals surface area contributed by atoms with Gasteiger partial charge < -0.3 is 5.32 Å². The summed E-state index contributed by atoms with van der Waals surface area (Å²) in [7, 11) is -2.27. The molecule has 1 amide bonds. The lowest BCUT2D eigenvalue weighted by Crippen LogP contribution is -2.26. The normalized spacial score (nSPS) is 14.4. The van der Waals surface area contributed by atoms with Crippen LogP contribution < -0.4 is 9.62 Å². The molecule has 0 atom stereocenters. The van der Waals surface area contributed by atoms with Crippen LogP contribution in [0.5, 0.6) is 0 Å². The van der Waals surface area contributed by atoms with Gasteiger partial charge in [0, 0.05) is 12.7 Å². The molecule has 1 aliphatic rings. The number of carbonyl (C=O) groups is 1. The predicted octanol–water partition coefficient (Wildman–Crippen LogP) is 3.34. The van der Waals surface area contributed by atoms with Crippen LogP contribution in [-0.4, -0.2) is 47.3 Å². The van der Waals surface area contributed by atoms with E-state index in [2.05, 4.69) is 20.8 Å².